The van der Waals surface area contributed by atoms with Crippen LogP contribution in [0.15, 0.2) is 24.3 Å². The van der Waals surface area contributed by atoms with E-state index in [0.717, 1.165) is 31.2 Å². The van der Waals surface area contributed by atoms with Crippen molar-refractivity contribution in [2.24, 2.45) is 5.41 Å². The second kappa shape index (κ2) is 25.5. The van der Waals surface area contributed by atoms with Gasteiger partial charge in [0.25, 0.3) is 0 Å². The first-order valence-electron chi connectivity index (χ1n) is 20.4. The third-order valence-corrected chi connectivity index (χ3v) is 10.8. The van der Waals surface area contributed by atoms with Gasteiger partial charge in [-0.15, -0.1) is 0 Å². The second-order valence-electron chi connectivity index (χ2n) is 15.1. The van der Waals surface area contributed by atoms with Crippen LogP contribution in [0.1, 0.15) is 205 Å². The van der Waals surface area contributed by atoms with E-state index < -0.39 is 29.3 Å². The highest BCUT2D eigenvalue weighted by molar-refractivity contribution is 6.31. The van der Waals surface area contributed by atoms with Crippen molar-refractivity contribution < 1.29 is 24.3 Å². The monoisotopic (exact) mass is 682 g/mol. The number of hydrogen-bond acceptors (Lipinski definition) is 4. The van der Waals surface area contributed by atoms with E-state index in [1.165, 1.54) is 135 Å². The lowest BCUT2D eigenvalue weighted by Gasteiger charge is -2.44. The number of Topliss-reactive ketones (excluding diaryl/α,β-unsaturated/α-hetero) is 2. The largest absolute Gasteiger partial charge is 0.480 e. The molecule has 1 amide bonds. The number of amides is 1. The van der Waals surface area contributed by atoms with Crippen LogP contribution in [0, 0.1) is 5.41 Å². The molecule has 0 saturated heterocycles. The predicted octanol–water partition coefficient (Wildman–Crippen LogP) is 11.2. The summed E-state index contributed by atoms with van der Waals surface area (Å²) in [5.41, 5.74) is 0.605. The van der Waals surface area contributed by atoms with Gasteiger partial charge in [-0.1, -0.05) is 192 Å². The van der Waals surface area contributed by atoms with Gasteiger partial charge in [0.1, 0.15) is 12.0 Å². The Balaban J connectivity index is 1.86. The number of aliphatic carboxylic acids is 1. The number of nitrogens with one attached hydrogen (secondary N) is 1. The Hall–Kier alpha value is -2.50. The number of ketones is 2. The average molecular weight is 682 g/mol. The molecular weight excluding hydrogens is 610 g/mol. The Bertz CT molecular complexity index is 1030. The predicted molar refractivity (Wildman–Crippen MR) is 202 cm³/mol. The van der Waals surface area contributed by atoms with Gasteiger partial charge in [0.05, 0.1) is 5.41 Å². The number of carboxylic acids is 1. The van der Waals surface area contributed by atoms with Gasteiger partial charge in [0, 0.05) is 13.3 Å². The van der Waals surface area contributed by atoms with Crippen LogP contribution in [0.2, 0.25) is 0 Å². The van der Waals surface area contributed by atoms with Gasteiger partial charge < -0.3 is 10.4 Å². The van der Waals surface area contributed by atoms with Gasteiger partial charge in [0.2, 0.25) is 5.91 Å². The fourth-order valence-electron chi connectivity index (χ4n) is 7.70. The quantitative estimate of drug-likeness (QED) is 0.0600. The molecule has 0 aromatic heterocycles. The number of carbonyl (C=O) groups is 4. The molecule has 2 N–H and O–H groups in total. The fourth-order valence-corrected chi connectivity index (χ4v) is 7.70. The second-order valence-corrected chi connectivity index (χ2v) is 15.1. The molecule has 2 rings (SSSR count). The number of unbranched alkanes of at least 4 members (excludes halogenated alkanes) is 22. The lowest BCUT2D eigenvalue weighted by Crippen LogP contribution is -2.57. The van der Waals surface area contributed by atoms with Crippen molar-refractivity contribution in [2.45, 2.75) is 206 Å². The molecule has 1 aliphatic carbocycles. The first kappa shape index (κ1) is 42.7. The summed E-state index contributed by atoms with van der Waals surface area (Å²) in [4.78, 5) is 50.8. The van der Waals surface area contributed by atoms with E-state index in [1.807, 2.05) is 0 Å². The molecule has 1 aromatic carbocycles. The molecule has 0 spiro atoms. The molecule has 0 aliphatic heterocycles. The third-order valence-electron chi connectivity index (χ3n) is 10.8. The van der Waals surface area contributed by atoms with Gasteiger partial charge in [-0.3, -0.25) is 14.4 Å². The summed E-state index contributed by atoms with van der Waals surface area (Å²) >= 11 is 0. The van der Waals surface area contributed by atoms with Crippen molar-refractivity contribution in [2.75, 3.05) is 0 Å². The Morgan fingerprint density at radius 1 is 0.612 bits per heavy atom. The van der Waals surface area contributed by atoms with Crippen molar-refractivity contribution in [3.05, 3.63) is 35.4 Å². The highest BCUT2D eigenvalue weighted by Crippen LogP contribution is 2.50. The Labute approximate surface area is 299 Å². The molecule has 0 unspecified atom stereocenters. The van der Waals surface area contributed by atoms with Crippen LogP contribution in [0.25, 0.3) is 0 Å². The molecule has 0 radical (unpaired) electrons. The fraction of sp³-hybridized carbons (Fsp3) is 0.767. The van der Waals surface area contributed by atoms with Crippen LogP contribution in [0.3, 0.4) is 0 Å². The van der Waals surface area contributed by atoms with Gasteiger partial charge in [-0.05, 0) is 24.0 Å². The average Bonchev–Trinajstić information content (AvgIpc) is 3.08. The zero-order valence-corrected chi connectivity index (χ0v) is 31.6. The number of rotatable bonds is 31. The van der Waals surface area contributed by atoms with Crippen molar-refractivity contribution in [1.82, 2.24) is 5.32 Å². The van der Waals surface area contributed by atoms with E-state index in [9.17, 15) is 24.3 Å². The van der Waals surface area contributed by atoms with E-state index in [0.29, 0.717) is 18.4 Å². The van der Waals surface area contributed by atoms with Crippen LogP contribution < -0.4 is 5.32 Å². The molecule has 0 bridgehead atoms. The van der Waals surface area contributed by atoms with Crippen LogP contribution >= 0.6 is 0 Å². The standard InChI is InChI=1S/C43H71NO5/c1-4-6-8-10-12-14-16-18-20-22-24-26-32-43(33-27-25-23-21-19-17-15-13-11-9-7-5-2)40(46)39(41(43)47)37-30-28-36(29-31-37)34-38(42(48)49)44-35(3)45/h28-31,38-39H,4-27,32-34H2,1-3H3,(H,44,45)(H,48,49)/t38-/m0/s1. The normalized spacial score (nSPS) is 14.9. The van der Waals surface area contributed by atoms with Crippen LogP contribution in [0.4, 0.5) is 0 Å². The minimum absolute atomic E-state index is 0.0815. The Kier molecular flexibility index (Phi) is 22.2. The number of carboxylic acid groups (broad SMARTS) is 1. The zero-order chi connectivity index (χ0) is 35.7. The van der Waals surface area contributed by atoms with E-state index in [4.69, 9.17) is 0 Å². The molecular formula is C43H71NO5. The lowest BCUT2D eigenvalue weighted by atomic mass is 9.53. The Morgan fingerprint density at radius 3 is 1.29 bits per heavy atom. The zero-order valence-electron chi connectivity index (χ0n) is 31.6. The lowest BCUT2D eigenvalue weighted by molar-refractivity contribution is -0.157. The molecule has 278 valence electrons. The van der Waals surface area contributed by atoms with Gasteiger partial charge >= 0.3 is 5.97 Å². The number of carbonyl (C=O) groups excluding carboxylic acids is 3. The van der Waals surface area contributed by atoms with Crippen LogP contribution in [-0.2, 0) is 25.6 Å². The van der Waals surface area contributed by atoms with Crippen molar-refractivity contribution in [1.29, 1.82) is 0 Å². The molecule has 49 heavy (non-hydrogen) atoms. The summed E-state index contributed by atoms with van der Waals surface area (Å²) in [5.74, 6) is -2.04. The summed E-state index contributed by atoms with van der Waals surface area (Å²) in [6, 6.07) is 6.13. The maximum atomic E-state index is 13.9. The Morgan fingerprint density at radius 2 is 0.959 bits per heavy atom. The number of hydrogen-bond donors (Lipinski definition) is 2. The SMILES string of the molecule is CCCCCCCCCCCCCCC1(CCCCCCCCCCCCCC)C(=O)C(c2ccc(C[C@H](NC(C)=O)C(=O)O)cc2)C1=O. The van der Waals surface area contributed by atoms with E-state index in [-0.39, 0.29) is 18.0 Å². The topological polar surface area (TPSA) is 101 Å². The summed E-state index contributed by atoms with van der Waals surface area (Å²) in [5, 5.41) is 11.9. The highest BCUT2D eigenvalue weighted by Gasteiger charge is 2.60. The van der Waals surface area contributed by atoms with Crippen molar-refractivity contribution in [3.63, 3.8) is 0 Å². The molecule has 0 heterocycles. The van der Waals surface area contributed by atoms with Gasteiger partial charge in [0.15, 0.2) is 11.6 Å². The molecule has 1 aliphatic rings. The molecule has 1 atom stereocenters. The maximum absolute atomic E-state index is 13.9. The van der Waals surface area contributed by atoms with Crippen LogP contribution in [-0.4, -0.2) is 34.6 Å². The number of benzene rings is 1. The summed E-state index contributed by atoms with van der Waals surface area (Å²) < 4.78 is 0. The van der Waals surface area contributed by atoms with Crippen LogP contribution in [0.5, 0.6) is 0 Å². The molecule has 6 heteroatoms. The van der Waals surface area contributed by atoms with Gasteiger partial charge in [-0.25, -0.2) is 4.79 Å². The van der Waals surface area contributed by atoms with E-state index in [2.05, 4.69) is 19.2 Å². The van der Waals surface area contributed by atoms with E-state index >= 15 is 0 Å². The first-order chi connectivity index (χ1) is 23.8. The summed E-state index contributed by atoms with van der Waals surface area (Å²) in [7, 11) is 0. The minimum atomic E-state index is -1.09. The van der Waals surface area contributed by atoms with E-state index in [1.54, 1.807) is 24.3 Å². The van der Waals surface area contributed by atoms with Gasteiger partial charge in [-0.2, -0.15) is 0 Å². The smallest absolute Gasteiger partial charge is 0.326 e. The minimum Gasteiger partial charge on any atom is -0.480 e. The van der Waals surface area contributed by atoms with Crippen molar-refractivity contribution in [3.8, 4) is 0 Å². The molecule has 1 aromatic rings. The highest BCUT2D eigenvalue weighted by atomic mass is 16.4. The molecule has 6 nitrogen and oxygen atoms in total. The molecule has 1 fully saturated rings. The first-order valence-corrected chi connectivity index (χ1v) is 20.4. The summed E-state index contributed by atoms with van der Waals surface area (Å²) in [6.07, 6.45) is 31.7. The van der Waals surface area contributed by atoms with Crippen molar-refractivity contribution >= 4 is 23.4 Å². The summed E-state index contributed by atoms with van der Waals surface area (Å²) in [6.45, 7) is 5.82. The third kappa shape index (κ3) is 15.9. The maximum Gasteiger partial charge on any atom is 0.326 e. The molecule has 1 saturated carbocycles.